The Labute approximate surface area is 150 Å². The van der Waals surface area contributed by atoms with Gasteiger partial charge in [-0.05, 0) is 24.0 Å². The van der Waals surface area contributed by atoms with Crippen molar-refractivity contribution in [3.63, 3.8) is 0 Å². The summed E-state index contributed by atoms with van der Waals surface area (Å²) in [6.45, 7) is 4.41. The maximum absolute atomic E-state index is 6.47. The van der Waals surface area contributed by atoms with E-state index in [1.165, 1.54) is 29.7 Å². The van der Waals surface area contributed by atoms with E-state index in [9.17, 15) is 0 Å². The molecule has 0 bridgehead atoms. The molecule has 1 aliphatic carbocycles. The molecule has 0 spiro atoms. The monoisotopic (exact) mass is 331 g/mol. The molecule has 2 N–H and O–H groups in total. The van der Waals surface area contributed by atoms with Gasteiger partial charge in [-0.25, -0.2) is 0 Å². The Kier molecular flexibility index (Phi) is 4.75. The van der Waals surface area contributed by atoms with Gasteiger partial charge in [0.05, 0.1) is 5.70 Å². The van der Waals surface area contributed by atoms with Crippen molar-refractivity contribution in [2.75, 3.05) is 0 Å². The van der Waals surface area contributed by atoms with Gasteiger partial charge in [0.1, 0.15) is 0 Å². The molecule has 128 valence electrons. The Bertz CT molecular complexity index is 711. The van der Waals surface area contributed by atoms with Crippen molar-refractivity contribution in [1.29, 1.82) is 0 Å². The largest absolute Gasteiger partial charge is 0.341 e. The zero-order valence-electron chi connectivity index (χ0n) is 14.5. The van der Waals surface area contributed by atoms with Crippen LogP contribution in [0.1, 0.15) is 36.8 Å². The molecule has 0 unspecified atom stereocenters. The topological polar surface area (TPSA) is 32.5 Å². The van der Waals surface area contributed by atoms with Crippen molar-refractivity contribution in [2.24, 2.45) is 5.73 Å². The third-order valence-electron chi connectivity index (χ3n) is 5.15. The lowest BCUT2D eigenvalue weighted by atomic mass is 9.89. The molecule has 0 aromatic heterocycles. The Morgan fingerprint density at radius 3 is 2.32 bits per heavy atom. The molecule has 1 aliphatic heterocycles. The fraction of sp³-hybridized carbons (Fsp3) is 0.318. The summed E-state index contributed by atoms with van der Waals surface area (Å²) in [6, 6.07) is 21.7. The first-order valence-corrected chi connectivity index (χ1v) is 9.20. The smallest absolute Gasteiger partial charge is 0.209 e. The quantitative estimate of drug-likeness (QED) is 0.917. The molecule has 2 aromatic carbocycles. The molecule has 2 aromatic rings. The van der Waals surface area contributed by atoms with Gasteiger partial charge in [0.15, 0.2) is 0 Å². The normalized spacial score (nSPS) is 23.6. The van der Waals surface area contributed by atoms with Crippen LogP contribution in [0, 0.1) is 6.67 Å². The molecule has 2 radical (unpaired) electrons. The zero-order chi connectivity index (χ0) is 17.1. The van der Waals surface area contributed by atoms with Crippen molar-refractivity contribution in [1.82, 2.24) is 9.80 Å². The summed E-state index contributed by atoms with van der Waals surface area (Å²) in [7, 11) is 0. The van der Waals surface area contributed by atoms with Crippen LogP contribution in [-0.4, -0.2) is 21.9 Å². The van der Waals surface area contributed by atoms with E-state index < -0.39 is 0 Å². The van der Waals surface area contributed by atoms with Gasteiger partial charge in [-0.3, -0.25) is 0 Å². The van der Waals surface area contributed by atoms with E-state index in [1.807, 2.05) is 0 Å². The van der Waals surface area contributed by atoms with Crippen LogP contribution in [0.4, 0.5) is 0 Å². The molecular weight excluding hydrogens is 306 g/mol. The molecule has 2 atom stereocenters. The van der Waals surface area contributed by atoms with Gasteiger partial charge >= 0.3 is 0 Å². The fourth-order valence-corrected chi connectivity index (χ4v) is 3.83. The van der Waals surface area contributed by atoms with Gasteiger partial charge in [-0.15, -0.1) is 0 Å². The first-order valence-electron chi connectivity index (χ1n) is 9.20. The molecule has 1 saturated carbocycles. The summed E-state index contributed by atoms with van der Waals surface area (Å²) in [6.07, 6.45) is 6.94. The lowest BCUT2D eigenvalue weighted by Crippen LogP contribution is -2.47. The van der Waals surface area contributed by atoms with Crippen LogP contribution in [0.5, 0.6) is 0 Å². The van der Waals surface area contributed by atoms with Crippen molar-refractivity contribution < 1.29 is 0 Å². The average molecular weight is 331 g/mol. The Balaban J connectivity index is 1.60. The van der Waals surface area contributed by atoms with Crippen LogP contribution < -0.4 is 5.73 Å². The maximum atomic E-state index is 6.47. The second-order valence-electron chi connectivity index (χ2n) is 6.98. The molecule has 0 saturated heterocycles. The molecular formula is C22H25N3. The van der Waals surface area contributed by atoms with Gasteiger partial charge in [0, 0.05) is 24.8 Å². The molecule has 3 nitrogen and oxygen atoms in total. The Morgan fingerprint density at radius 2 is 1.60 bits per heavy atom. The molecule has 1 fully saturated rings. The van der Waals surface area contributed by atoms with Crippen molar-refractivity contribution in [2.45, 2.75) is 44.3 Å². The first-order chi connectivity index (χ1) is 12.3. The van der Waals surface area contributed by atoms with Crippen LogP contribution >= 0.6 is 0 Å². The van der Waals surface area contributed by atoms with Crippen molar-refractivity contribution in [3.05, 3.63) is 84.7 Å². The van der Waals surface area contributed by atoms with E-state index in [0.717, 1.165) is 19.4 Å². The minimum atomic E-state index is 0.213. The van der Waals surface area contributed by atoms with Gasteiger partial charge in [0.25, 0.3) is 0 Å². The summed E-state index contributed by atoms with van der Waals surface area (Å²) in [5.41, 5.74) is 10.2. The highest BCUT2D eigenvalue weighted by atomic mass is 15.4. The number of hydrogen-bond acceptors (Lipinski definition) is 3. The van der Waals surface area contributed by atoms with Crippen LogP contribution in [0.3, 0.4) is 0 Å². The molecule has 2 aliphatic rings. The van der Waals surface area contributed by atoms with Gasteiger partial charge < -0.3 is 15.5 Å². The van der Waals surface area contributed by atoms with E-state index in [4.69, 9.17) is 5.73 Å². The first kappa shape index (κ1) is 16.2. The third-order valence-corrected chi connectivity index (χ3v) is 5.15. The van der Waals surface area contributed by atoms with E-state index >= 15 is 0 Å². The zero-order valence-corrected chi connectivity index (χ0v) is 14.5. The highest BCUT2D eigenvalue weighted by Gasteiger charge is 2.34. The number of benzene rings is 2. The third kappa shape index (κ3) is 3.57. The van der Waals surface area contributed by atoms with E-state index in [-0.39, 0.29) is 6.04 Å². The minimum Gasteiger partial charge on any atom is -0.341 e. The standard InChI is InChI=1S/C22H25N3/c23-20-13-7-8-14-21(20)25-17-24(15-18-9-3-1-4-10-18)16-22(25)19-11-5-2-6-12-19/h1-6,9-12,16,20-21H,7-8,13-15,23H2/t20-,21-/m1/s1. The number of nitrogens with zero attached hydrogens (tertiary/aromatic N) is 2. The predicted octanol–water partition coefficient (Wildman–Crippen LogP) is 4.07. The van der Waals surface area contributed by atoms with Crippen molar-refractivity contribution >= 4 is 5.70 Å². The van der Waals surface area contributed by atoms with Gasteiger partial charge in [-0.2, -0.15) is 0 Å². The van der Waals surface area contributed by atoms with Crippen LogP contribution in [0.15, 0.2) is 66.9 Å². The van der Waals surface area contributed by atoms with Crippen LogP contribution in [0.2, 0.25) is 0 Å². The van der Waals surface area contributed by atoms with E-state index in [1.54, 1.807) is 0 Å². The average Bonchev–Trinajstić information content (AvgIpc) is 3.07. The molecule has 25 heavy (non-hydrogen) atoms. The minimum absolute atomic E-state index is 0.213. The molecule has 1 heterocycles. The highest BCUT2D eigenvalue weighted by Crippen LogP contribution is 2.35. The molecule has 3 heteroatoms. The highest BCUT2D eigenvalue weighted by molar-refractivity contribution is 5.66. The SMILES string of the molecule is N[C@@H]1CCCC[C@H]1N1[C]N(Cc2ccccc2)C=C1c1ccccc1. The lowest BCUT2D eigenvalue weighted by molar-refractivity contribution is 0.208. The van der Waals surface area contributed by atoms with Gasteiger partial charge in [0.2, 0.25) is 6.67 Å². The van der Waals surface area contributed by atoms with Crippen LogP contribution in [0.25, 0.3) is 5.70 Å². The predicted molar refractivity (Wildman–Crippen MR) is 102 cm³/mol. The van der Waals surface area contributed by atoms with Gasteiger partial charge in [-0.1, -0.05) is 73.5 Å². The summed E-state index contributed by atoms with van der Waals surface area (Å²) in [5, 5.41) is 0. The lowest BCUT2D eigenvalue weighted by Gasteiger charge is -2.38. The molecule has 0 amide bonds. The summed E-state index contributed by atoms with van der Waals surface area (Å²) in [4.78, 5) is 4.46. The second kappa shape index (κ2) is 7.32. The Morgan fingerprint density at radius 1 is 0.920 bits per heavy atom. The van der Waals surface area contributed by atoms with E-state index in [0.29, 0.717) is 6.04 Å². The maximum Gasteiger partial charge on any atom is 0.209 e. The van der Waals surface area contributed by atoms with Crippen LogP contribution in [-0.2, 0) is 6.54 Å². The number of nitrogens with two attached hydrogens (primary N) is 1. The number of hydrogen-bond donors (Lipinski definition) is 1. The fourth-order valence-electron chi connectivity index (χ4n) is 3.83. The summed E-state index contributed by atoms with van der Waals surface area (Å²) < 4.78 is 0. The van der Waals surface area contributed by atoms with E-state index in [2.05, 4.69) is 83.3 Å². The second-order valence-corrected chi connectivity index (χ2v) is 6.98. The van der Waals surface area contributed by atoms with Crippen molar-refractivity contribution in [3.8, 4) is 0 Å². The number of rotatable bonds is 4. The molecule has 4 rings (SSSR count). The summed E-state index contributed by atoms with van der Waals surface area (Å²) in [5.74, 6) is 0. The summed E-state index contributed by atoms with van der Waals surface area (Å²) >= 11 is 0. The Hall–Kier alpha value is -2.26.